The summed E-state index contributed by atoms with van der Waals surface area (Å²) in [5.74, 6) is 0.178. The van der Waals surface area contributed by atoms with Crippen LogP contribution >= 0.6 is 0 Å². The fraction of sp³-hybridized carbons (Fsp3) is 0.312. The number of hydrogen-bond donors (Lipinski definition) is 1. The van der Waals surface area contributed by atoms with Crippen LogP contribution in [0.2, 0.25) is 0 Å². The van der Waals surface area contributed by atoms with Gasteiger partial charge in [-0.3, -0.25) is 4.90 Å². The second kappa shape index (κ2) is 11.7. The van der Waals surface area contributed by atoms with Crippen molar-refractivity contribution >= 4 is 16.5 Å². The van der Waals surface area contributed by atoms with Gasteiger partial charge in [-0.15, -0.1) is 0 Å². The number of hydrogen-bond acceptors (Lipinski definition) is 4. The first kappa shape index (κ1) is 25.1. The molecule has 1 heterocycles. The summed E-state index contributed by atoms with van der Waals surface area (Å²) in [6.45, 7) is 6.84. The zero-order valence-corrected chi connectivity index (χ0v) is 21.5. The number of aromatic hydroxyl groups is 1. The van der Waals surface area contributed by atoms with Gasteiger partial charge >= 0.3 is 0 Å². The average Bonchev–Trinajstić information content (AvgIpc) is 2.93. The Morgan fingerprint density at radius 3 is 2.49 bits per heavy atom. The molecule has 0 saturated carbocycles. The predicted octanol–water partition coefficient (Wildman–Crippen LogP) is 7.24. The molecule has 4 aromatic carbocycles. The van der Waals surface area contributed by atoms with Gasteiger partial charge in [-0.05, 0) is 85.1 Å². The summed E-state index contributed by atoms with van der Waals surface area (Å²) in [4.78, 5) is 4.55. The maximum Gasteiger partial charge on any atom is 0.165 e. The van der Waals surface area contributed by atoms with E-state index in [4.69, 9.17) is 4.74 Å². The van der Waals surface area contributed by atoms with E-state index >= 15 is 0 Å². The van der Waals surface area contributed by atoms with E-state index < -0.39 is 0 Å². The zero-order valence-electron chi connectivity index (χ0n) is 21.5. The van der Waals surface area contributed by atoms with Crippen molar-refractivity contribution in [3.63, 3.8) is 0 Å². The lowest BCUT2D eigenvalue weighted by atomic mass is 9.99. The van der Waals surface area contributed by atoms with E-state index in [2.05, 4.69) is 47.1 Å². The lowest BCUT2D eigenvalue weighted by Crippen LogP contribution is -2.33. The van der Waals surface area contributed by atoms with Crippen molar-refractivity contribution in [2.45, 2.75) is 32.7 Å². The molecule has 5 heteroatoms. The first-order valence-corrected chi connectivity index (χ1v) is 13.3. The van der Waals surface area contributed by atoms with Crippen molar-refractivity contribution in [1.82, 2.24) is 4.90 Å². The largest absolute Gasteiger partial charge is 0.508 e. The van der Waals surface area contributed by atoms with Crippen LogP contribution < -0.4 is 9.64 Å². The Kier molecular flexibility index (Phi) is 7.90. The molecule has 0 aliphatic carbocycles. The van der Waals surface area contributed by atoms with Gasteiger partial charge in [0.15, 0.2) is 11.6 Å². The highest BCUT2D eigenvalue weighted by Gasteiger charge is 2.16. The summed E-state index contributed by atoms with van der Waals surface area (Å²) in [5, 5.41) is 12.7. The zero-order chi connectivity index (χ0) is 25.6. The number of rotatable bonds is 9. The molecule has 5 rings (SSSR count). The van der Waals surface area contributed by atoms with Crippen molar-refractivity contribution in [1.29, 1.82) is 0 Å². The highest BCUT2D eigenvalue weighted by Crippen LogP contribution is 2.36. The van der Waals surface area contributed by atoms with Gasteiger partial charge in [-0.25, -0.2) is 4.39 Å². The Morgan fingerprint density at radius 2 is 1.70 bits per heavy atom. The topological polar surface area (TPSA) is 35.9 Å². The molecule has 192 valence electrons. The number of likely N-dealkylation sites (tertiary alicyclic amines) is 1. The Labute approximate surface area is 218 Å². The summed E-state index contributed by atoms with van der Waals surface area (Å²) in [7, 11) is 0. The quantitative estimate of drug-likeness (QED) is 0.264. The molecular formula is C32H35FN2O2. The lowest BCUT2D eigenvalue weighted by Gasteiger charge is -2.27. The van der Waals surface area contributed by atoms with E-state index in [-0.39, 0.29) is 11.6 Å². The number of phenolic OH excluding ortho intramolecular Hbond substituents is 1. The Balaban J connectivity index is 1.33. The number of piperidine rings is 1. The van der Waals surface area contributed by atoms with Crippen LogP contribution in [0.1, 0.15) is 31.7 Å². The summed E-state index contributed by atoms with van der Waals surface area (Å²) in [6.07, 6.45) is 3.77. The van der Waals surface area contributed by atoms with Crippen molar-refractivity contribution < 1.29 is 14.2 Å². The first-order chi connectivity index (χ1) is 18.1. The van der Waals surface area contributed by atoms with E-state index in [1.165, 1.54) is 30.0 Å². The third-order valence-electron chi connectivity index (χ3n) is 7.25. The van der Waals surface area contributed by atoms with Gasteiger partial charge in [0, 0.05) is 37.0 Å². The SMILES string of the molecule is CCN(Cc1ccc(OCCN2CCCCC2)c(F)c1)c1cc(O)ccc1-c1ccc2ccccc2c1. The average molecular weight is 499 g/mol. The third kappa shape index (κ3) is 6.05. The van der Waals surface area contributed by atoms with Crippen LogP contribution in [-0.2, 0) is 6.54 Å². The second-order valence-electron chi connectivity index (χ2n) is 9.79. The van der Waals surface area contributed by atoms with Gasteiger partial charge in [0.05, 0.1) is 0 Å². The van der Waals surface area contributed by atoms with Gasteiger partial charge < -0.3 is 14.7 Å². The molecule has 0 unspecified atom stereocenters. The summed E-state index contributed by atoms with van der Waals surface area (Å²) >= 11 is 0. The molecule has 0 radical (unpaired) electrons. The Morgan fingerprint density at radius 1 is 0.892 bits per heavy atom. The fourth-order valence-corrected chi connectivity index (χ4v) is 5.20. The highest BCUT2D eigenvalue weighted by atomic mass is 19.1. The second-order valence-corrected chi connectivity index (χ2v) is 9.79. The number of ether oxygens (including phenoxy) is 1. The van der Waals surface area contributed by atoms with Crippen LogP contribution in [0.4, 0.5) is 10.1 Å². The minimum Gasteiger partial charge on any atom is -0.508 e. The van der Waals surface area contributed by atoms with Crippen LogP contribution in [-0.4, -0.2) is 42.8 Å². The summed E-state index contributed by atoms with van der Waals surface area (Å²) < 4.78 is 20.7. The minimum absolute atomic E-state index is 0.210. The van der Waals surface area contributed by atoms with Crippen molar-refractivity contribution in [2.75, 3.05) is 37.7 Å². The minimum atomic E-state index is -0.335. The van der Waals surface area contributed by atoms with E-state index in [1.807, 2.05) is 24.3 Å². The van der Waals surface area contributed by atoms with Gasteiger partial charge in [-0.1, -0.05) is 48.9 Å². The smallest absolute Gasteiger partial charge is 0.165 e. The van der Waals surface area contributed by atoms with Gasteiger partial charge in [0.2, 0.25) is 0 Å². The maximum absolute atomic E-state index is 14.9. The number of anilines is 1. The van der Waals surface area contributed by atoms with Gasteiger partial charge in [0.25, 0.3) is 0 Å². The molecule has 4 nitrogen and oxygen atoms in total. The number of benzene rings is 4. The van der Waals surface area contributed by atoms with E-state index in [0.717, 1.165) is 42.0 Å². The first-order valence-electron chi connectivity index (χ1n) is 13.3. The number of halogens is 1. The maximum atomic E-state index is 14.9. The molecule has 0 bridgehead atoms. The molecule has 4 aromatic rings. The normalized spacial score (nSPS) is 14.1. The molecule has 0 atom stereocenters. The Hall–Kier alpha value is -3.57. The molecule has 1 saturated heterocycles. The molecular weight excluding hydrogens is 463 g/mol. The van der Waals surface area contributed by atoms with Crippen molar-refractivity contribution in [3.8, 4) is 22.6 Å². The van der Waals surface area contributed by atoms with Crippen LogP contribution in [0, 0.1) is 5.82 Å². The van der Waals surface area contributed by atoms with E-state index in [9.17, 15) is 9.50 Å². The summed E-state index contributed by atoms with van der Waals surface area (Å²) in [5.41, 5.74) is 3.88. The van der Waals surface area contributed by atoms with Crippen LogP contribution in [0.15, 0.2) is 78.9 Å². The monoisotopic (exact) mass is 498 g/mol. The standard InChI is InChI=1S/C32H35FN2O2/c1-2-35(23-24-10-15-32(30(33)20-24)37-19-18-34-16-6-3-7-17-34)31-22-28(36)13-14-29(31)27-12-11-25-8-4-5-9-26(25)21-27/h4-5,8-15,20-22,36H,2-3,6-7,16-19,23H2,1H3. The fourth-order valence-electron chi connectivity index (χ4n) is 5.20. The molecule has 0 amide bonds. The van der Waals surface area contributed by atoms with Gasteiger partial charge in [-0.2, -0.15) is 0 Å². The molecule has 0 aromatic heterocycles. The summed E-state index contributed by atoms with van der Waals surface area (Å²) in [6, 6.07) is 25.4. The highest BCUT2D eigenvalue weighted by molar-refractivity contribution is 5.90. The van der Waals surface area contributed by atoms with Crippen LogP contribution in [0.3, 0.4) is 0 Å². The molecule has 1 fully saturated rings. The predicted molar refractivity (Wildman–Crippen MR) is 150 cm³/mol. The molecule has 1 N–H and O–H groups in total. The van der Waals surface area contributed by atoms with Crippen LogP contribution in [0.25, 0.3) is 21.9 Å². The lowest BCUT2D eigenvalue weighted by molar-refractivity contribution is 0.180. The third-order valence-corrected chi connectivity index (χ3v) is 7.25. The molecule has 37 heavy (non-hydrogen) atoms. The molecule has 1 aliphatic rings. The van der Waals surface area contributed by atoms with Crippen LogP contribution in [0.5, 0.6) is 11.5 Å². The van der Waals surface area contributed by atoms with Crippen molar-refractivity contribution in [3.05, 3.63) is 90.2 Å². The van der Waals surface area contributed by atoms with E-state index in [0.29, 0.717) is 25.4 Å². The number of nitrogens with zero attached hydrogens (tertiary/aromatic N) is 2. The number of phenols is 1. The molecule has 1 aliphatic heterocycles. The molecule has 0 spiro atoms. The van der Waals surface area contributed by atoms with E-state index in [1.54, 1.807) is 24.3 Å². The Bertz CT molecular complexity index is 1350. The number of fused-ring (bicyclic) bond motifs is 1. The van der Waals surface area contributed by atoms with Gasteiger partial charge in [0.1, 0.15) is 12.4 Å². The van der Waals surface area contributed by atoms with Crippen molar-refractivity contribution in [2.24, 2.45) is 0 Å².